The summed E-state index contributed by atoms with van der Waals surface area (Å²) in [4.78, 5) is 16.8. The molecule has 0 radical (unpaired) electrons. The Bertz CT molecular complexity index is 702. The molecule has 2 aromatic rings. The minimum atomic E-state index is -0.0164. The lowest BCUT2D eigenvalue weighted by Gasteiger charge is -2.35. The van der Waals surface area contributed by atoms with Gasteiger partial charge in [-0.1, -0.05) is 42.5 Å². The first-order chi connectivity index (χ1) is 11.6. The van der Waals surface area contributed by atoms with Crippen molar-refractivity contribution in [2.75, 3.05) is 27.2 Å². The van der Waals surface area contributed by atoms with E-state index in [0.29, 0.717) is 6.04 Å². The fourth-order valence-corrected chi connectivity index (χ4v) is 3.54. The van der Waals surface area contributed by atoms with E-state index in [1.54, 1.807) is 0 Å². The van der Waals surface area contributed by atoms with Gasteiger partial charge in [0.2, 0.25) is 0 Å². The Morgan fingerprint density at radius 3 is 2.58 bits per heavy atom. The molecule has 2 aromatic carbocycles. The smallest absolute Gasteiger partial charge is 0.317 e. The lowest BCUT2D eigenvalue weighted by Crippen LogP contribution is -2.48. The topological polar surface area (TPSA) is 35.6 Å². The van der Waals surface area contributed by atoms with E-state index < -0.39 is 0 Å². The Hall–Kier alpha value is -2.07. The van der Waals surface area contributed by atoms with Crippen molar-refractivity contribution < 1.29 is 4.79 Å². The number of piperidine rings is 1. The van der Waals surface area contributed by atoms with Crippen LogP contribution in [0.1, 0.15) is 31.4 Å². The number of hydrogen-bond donors (Lipinski definition) is 1. The van der Waals surface area contributed by atoms with Gasteiger partial charge in [-0.05, 0) is 56.2 Å². The number of carbonyl (C=O) groups excluding carboxylic acids is 1. The van der Waals surface area contributed by atoms with Crippen LogP contribution in [0.25, 0.3) is 10.8 Å². The molecule has 1 saturated heterocycles. The molecule has 1 atom stereocenters. The quantitative estimate of drug-likeness (QED) is 0.935. The van der Waals surface area contributed by atoms with Crippen molar-refractivity contribution in [3.8, 4) is 0 Å². The number of urea groups is 1. The van der Waals surface area contributed by atoms with Gasteiger partial charge in [-0.25, -0.2) is 4.79 Å². The Kier molecular flexibility index (Phi) is 5.05. The molecular weight excluding hydrogens is 298 g/mol. The van der Waals surface area contributed by atoms with Crippen molar-refractivity contribution in [3.05, 3.63) is 48.0 Å². The van der Waals surface area contributed by atoms with Crippen LogP contribution < -0.4 is 5.32 Å². The second-order valence-corrected chi connectivity index (χ2v) is 6.88. The number of rotatable bonds is 3. The number of benzene rings is 2. The number of amides is 2. The molecule has 0 bridgehead atoms. The maximum atomic E-state index is 12.6. The zero-order valence-corrected chi connectivity index (χ0v) is 14.8. The Morgan fingerprint density at radius 1 is 1.17 bits per heavy atom. The summed E-state index contributed by atoms with van der Waals surface area (Å²) < 4.78 is 0. The summed E-state index contributed by atoms with van der Waals surface area (Å²) in [7, 11) is 4.06. The van der Waals surface area contributed by atoms with Gasteiger partial charge >= 0.3 is 6.03 Å². The Labute approximate surface area is 144 Å². The van der Waals surface area contributed by atoms with Crippen molar-refractivity contribution in [2.45, 2.75) is 31.8 Å². The molecular formula is C20H27N3O. The summed E-state index contributed by atoms with van der Waals surface area (Å²) in [6.07, 6.45) is 2.09. The largest absolute Gasteiger partial charge is 0.331 e. The molecule has 0 unspecified atom stereocenters. The van der Waals surface area contributed by atoms with Crippen LogP contribution in [0.5, 0.6) is 0 Å². The lowest BCUT2D eigenvalue weighted by molar-refractivity contribution is 0.146. The molecule has 1 N–H and O–H groups in total. The van der Waals surface area contributed by atoms with Gasteiger partial charge in [0.1, 0.15) is 0 Å². The van der Waals surface area contributed by atoms with E-state index in [2.05, 4.69) is 54.5 Å². The van der Waals surface area contributed by atoms with Crippen molar-refractivity contribution in [1.82, 2.24) is 15.1 Å². The highest BCUT2D eigenvalue weighted by Gasteiger charge is 2.25. The van der Waals surface area contributed by atoms with Crippen LogP contribution in [0.4, 0.5) is 4.79 Å². The van der Waals surface area contributed by atoms with Gasteiger partial charge in [-0.15, -0.1) is 0 Å². The minimum absolute atomic E-state index is 0.0164. The van der Waals surface area contributed by atoms with Gasteiger partial charge < -0.3 is 15.1 Å². The van der Waals surface area contributed by atoms with Crippen LogP contribution in [0, 0.1) is 0 Å². The highest BCUT2D eigenvalue weighted by atomic mass is 16.2. The minimum Gasteiger partial charge on any atom is -0.331 e. The maximum Gasteiger partial charge on any atom is 0.317 e. The molecule has 0 aromatic heterocycles. The van der Waals surface area contributed by atoms with Gasteiger partial charge in [-0.3, -0.25) is 0 Å². The fourth-order valence-electron chi connectivity index (χ4n) is 3.54. The Balaban J connectivity index is 1.69. The first-order valence-corrected chi connectivity index (χ1v) is 8.76. The summed E-state index contributed by atoms with van der Waals surface area (Å²) in [6, 6.07) is 14.9. The van der Waals surface area contributed by atoms with Crippen molar-refractivity contribution in [1.29, 1.82) is 0 Å². The van der Waals surface area contributed by atoms with E-state index >= 15 is 0 Å². The van der Waals surface area contributed by atoms with E-state index in [0.717, 1.165) is 25.9 Å². The standard InChI is InChI=1S/C20H27N3O/c1-15(18-10-6-8-16-7-4-5-9-19(16)18)21-20(24)23(3)17-11-13-22(2)14-12-17/h4-10,15,17H,11-14H2,1-3H3,(H,21,24)/t15-/m1/s1. The van der Waals surface area contributed by atoms with Crippen LogP contribution in [-0.4, -0.2) is 49.1 Å². The normalized spacial score (nSPS) is 17.6. The molecule has 128 valence electrons. The average molecular weight is 325 g/mol. The first-order valence-electron chi connectivity index (χ1n) is 8.76. The third-order valence-corrected chi connectivity index (χ3v) is 5.19. The second-order valence-electron chi connectivity index (χ2n) is 6.88. The van der Waals surface area contributed by atoms with Gasteiger partial charge in [0.15, 0.2) is 0 Å². The summed E-state index contributed by atoms with van der Waals surface area (Å²) >= 11 is 0. The summed E-state index contributed by atoms with van der Waals surface area (Å²) in [5.41, 5.74) is 1.17. The second kappa shape index (κ2) is 7.22. The van der Waals surface area contributed by atoms with E-state index in [1.165, 1.54) is 16.3 Å². The lowest BCUT2D eigenvalue weighted by atomic mass is 10.00. The Morgan fingerprint density at radius 2 is 1.83 bits per heavy atom. The van der Waals surface area contributed by atoms with E-state index in [9.17, 15) is 4.79 Å². The van der Waals surface area contributed by atoms with Crippen LogP contribution in [0.3, 0.4) is 0 Å². The molecule has 1 aliphatic heterocycles. The van der Waals surface area contributed by atoms with Gasteiger partial charge in [0.25, 0.3) is 0 Å². The number of carbonyl (C=O) groups is 1. The van der Waals surface area contributed by atoms with Gasteiger partial charge in [-0.2, -0.15) is 0 Å². The average Bonchev–Trinajstić information content (AvgIpc) is 2.61. The fraction of sp³-hybridized carbons (Fsp3) is 0.450. The molecule has 0 aliphatic carbocycles. The molecule has 4 heteroatoms. The number of likely N-dealkylation sites (tertiary alicyclic amines) is 1. The van der Waals surface area contributed by atoms with Crippen LogP contribution in [0.15, 0.2) is 42.5 Å². The molecule has 0 spiro atoms. The van der Waals surface area contributed by atoms with E-state index in [1.807, 2.05) is 24.1 Å². The number of hydrogen-bond acceptors (Lipinski definition) is 2. The first kappa shape index (κ1) is 16.8. The van der Waals surface area contributed by atoms with Gasteiger partial charge in [0.05, 0.1) is 6.04 Å². The molecule has 4 nitrogen and oxygen atoms in total. The number of fused-ring (bicyclic) bond motifs is 1. The summed E-state index contributed by atoms with van der Waals surface area (Å²) in [5.74, 6) is 0. The SMILES string of the molecule is C[C@@H](NC(=O)N(C)C1CCN(C)CC1)c1cccc2ccccc12. The molecule has 1 fully saturated rings. The molecule has 24 heavy (non-hydrogen) atoms. The summed E-state index contributed by atoms with van der Waals surface area (Å²) in [5, 5.41) is 5.58. The van der Waals surface area contributed by atoms with Crippen molar-refractivity contribution >= 4 is 16.8 Å². The number of nitrogens with one attached hydrogen (secondary N) is 1. The van der Waals surface area contributed by atoms with Gasteiger partial charge in [0, 0.05) is 13.1 Å². The predicted molar refractivity (Wildman–Crippen MR) is 99.2 cm³/mol. The van der Waals surface area contributed by atoms with Crippen LogP contribution >= 0.6 is 0 Å². The molecule has 0 saturated carbocycles. The molecule has 2 amide bonds. The predicted octanol–water partition coefficient (Wildman–Crippen LogP) is 3.64. The highest BCUT2D eigenvalue weighted by molar-refractivity contribution is 5.86. The molecule has 3 rings (SSSR count). The third-order valence-electron chi connectivity index (χ3n) is 5.19. The maximum absolute atomic E-state index is 12.6. The zero-order valence-electron chi connectivity index (χ0n) is 14.8. The molecule has 1 aliphatic rings. The van der Waals surface area contributed by atoms with Crippen molar-refractivity contribution in [3.63, 3.8) is 0 Å². The third kappa shape index (κ3) is 3.54. The van der Waals surface area contributed by atoms with Crippen LogP contribution in [0.2, 0.25) is 0 Å². The molecule has 1 heterocycles. The van der Waals surface area contributed by atoms with E-state index in [-0.39, 0.29) is 12.1 Å². The zero-order chi connectivity index (χ0) is 17.1. The van der Waals surface area contributed by atoms with E-state index in [4.69, 9.17) is 0 Å². The summed E-state index contributed by atoms with van der Waals surface area (Å²) in [6.45, 7) is 4.17. The highest BCUT2D eigenvalue weighted by Crippen LogP contribution is 2.24. The number of nitrogens with zero attached hydrogens (tertiary/aromatic N) is 2. The van der Waals surface area contributed by atoms with Crippen molar-refractivity contribution in [2.24, 2.45) is 0 Å². The monoisotopic (exact) mass is 325 g/mol. The van der Waals surface area contributed by atoms with Crippen LogP contribution in [-0.2, 0) is 0 Å².